The molecule has 0 fully saturated rings. The highest BCUT2D eigenvalue weighted by atomic mass is 16.1. The molecule has 0 saturated carbocycles. The second-order valence-corrected chi connectivity index (χ2v) is 6.67. The minimum atomic E-state index is -0.531. The molecule has 3 heterocycles. The molecule has 7 nitrogen and oxygen atoms in total. The van der Waals surface area contributed by atoms with E-state index >= 15 is 0 Å². The third kappa shape index (κ3) is 3.29. The number of pyridine rings is 2. The maximum atomic E-state index is 12.1. The predicted molar refractivity (Wildman–Crippen MR) is 109 cm³/mol. The number of hydrogen-bond acceptors (Lipinski definition) is 5. The smallest absolute Gasteiger partial charge is 0.252 e. The third-order valence-electron chi connectivity index (χ3n) is 4.67. The van der Waals surface area contributed by atoms with Gasteiger partial charge in [-0.1, -0.05) is 12.1 Å². The number of fused-ring (bicyclic) bond motifs is 1. The van der Waals surface area contributed by atoms with E-state index in [1.54, 1.807) is 17.1 Å². The fourth-order valence-electron chi connectivity index (χ4n) is 3.20. The van der Waals surface area contributed by atoms with Crippen LogP contribution in [-0.4, -0.2) is 25.7 Å². The van der Waals surface area contributed by atoms with Crippen molar-refractivity contribution < 1.29 is 4.79 Å². The Morgan fingerprint density at radius 3 is 2.71 bits per heavy atom. The molecule has 140 valence electrons. The van der Waals surface area contributed by atoms with E-state index in [4.69, 9.17) is 5.73 Å². The van der Waals surface area contributed by atoms with E-state index in [1.807, 2.05) is 56.6 Å². The molecule has 3 aromatic heterocycles. The standard InChI is InChI=1S/C21H20N6O/c1-13(18-7-9-27(2)26-18)25-20-16-10-14(15-4-3-8-23-11-15)5-6-19(16)24-12-17(20)21(22)28/h3-13H,1-2H3,(H2,22,28)(H,24,25)/t13-/m1/s1. The molecule has 0 spiro atoms. The highest BCUT2D eigenvalue weighted by molar-refractivity contribution is 6.07. The van der Waals surface area contributed by atoms with E-state index in [0.717, 1.165) is 27.7 Å². The second-order valence-electron chi connectivity index (χ2n) is 6.67. The quantitative estimate of drug-likeness (QED) is 0.560. The molecule has 0 unspecified atom stereocenters. The van der Waals surface area contributed by atoms with Gasteiger partial charge in [0.1, 0.15) is 0 Å². The molecule has 0 aliphatic heterocycles. The van der Waals surface area contributed by atoms with Crippen LogP contribution in [0, 0.1) is 0 Å². The number of rotatable bonds is 5. The summed E-state index contributed by atoms with van der Waals surface area (Å²) in [7, 11) is 1.87. The number of hydrogen-bond donors (Lipinski definition) is 2. The summed E-state index contributed by atoms with van der Waals surface area (Å²) in [5, 5.41) is 8.67. The number of carbonyl (C=O) groups is 1. The van der Waals surface area contributed by atoms with Crippen LogP contribution in [0.1, 0.15) is 29.0 Å². The van der Waals surface area contributed by atoms with E-state index in [0.29, 0.717) is 11.3 Å². The van der Waals surface area contributed by atoms with Gasteiger partial charge >= 0.3 is 0 Å². The zero-order valence-corrected chi connectivity index (χ0v) is 15.6. The number of nitrogens with two attached hydrogens (primary N) is 1. The van der Waals surface area contributed by atoms with Crippen molar-refractivity contribution >= 4 is 22.5 Å². The number of anilines is 1. The molecule has 28 heavy (non-hydrogen) atoms. The molecule has 1 aromatic carbocycles. The maximum absolute atomic E-state index is 12.1. The van der Waals surface area contributed by atoms with Crippen molar-refractivity contribution in [3.05, 3.63) is 72.4 Å². The number of carbonyl (C=O) groups excluding carboxylic acids is 1. The molecule has 3 N–H and O–H groups in total. The Kier molecular flexibility index (Phi) is 4.49. The lowest BCUT2D eigenvalue weighted by Gasteiger charge is -2.18. The molecule has 0 aliphatic rings. The van der Waals surface area contributed by atoms with Crippen LogP contribution in [-0.2, 0) is 7.05 Å². The Bertz CT molecular complexity index is 1150. The van der Waals surface area contributed by atoms with Crippen molar-refractivity contribution in [2.75, 3.05) is 5.32 Å². The summed E-state index contributed by atoms with van der Waals surface area (Å²) >= 11 is 0. The van der Waals surface area contributed by atoms with Gasteiger partial charge < -0.3 is 11.1 Å². The zero-order valence-electron chi connectivity index (χ0n) is 15.6. The Labute approximate surface area is 162 Å². The molecular formula is C21H20N6O. The van der Waals surface area contributed by atoms with Crippen molar-refractivity contribution in [3.63, 3.8) is 0 Å². The zero-order chi connectivity index (χ0) is 19.7. The van der Waals surface area contributed by atoms with Gasteiger partial charge in [-0.3, -0.25) is 19.4 Å². The summed E-state index contributed by atoms with van der Waals surface area (Å²) in [4.78, 5) is 20.6. The van der Waals surface area contributed by atoms with E-state index in [9.17, 15) is 4.79 Å². The predicted octanol–water partition coefficient (Wildman–Crippen LogP) is 3.30. The van der Waals surface area contributed by atoms with Gasteiger partial charge in [0, 0.05) is 42.8 Å². The van der Waals surface area contributed by atoms with Gasteiger partial charge in [-0.25, -0.2) is 0 Å². The number of benzene rings is 1. The fourth-order valence-corrected chi connectivity index (χ4v) is 3.20. The van der Waals surface area contributed by atoms with Crippen LogP contribution in [0.15, 0.2) is 61.2 Å². The summed E-state index contributed by atoms with van der Waals surface area (Å²) in [6, 6.07) is 11.6. The molecule has 7 heteroatoms. The van der Waals surface area contributed by atoms with Crippen molar-refractivity contribution in [2.45, 2.75) is 13.0 Å². The molecule has 0 radical (unpaired) electrons. The van der Waals surface area contributed by atoms with Gasteiger partial charge in [-0.15, -0.1) is 0 Å². The summed E-state index contributed by atoms with van der Waals surface area (Å²) in [6.45, 7) is 1.99. The third-order valence-corrected chi connectivity index (χ3v) is 4.67. The molecule has 1 amide bonds. The average Bonchev–Trinajstić information content (AvgIpc) is 3.15. The Morgan fingerprint density at radius 2 is 2.04 bits per heavy atom. The second kappa shape index (κ2) is 7.11. The van der Waals surface area contributed by atoms with Crippen LogP contribution >= 0.6 is 0 Å². The van der Waals surface area contributed by atoms with Gasteiger partial charge in [0.25, 0.3) is 5.91 Å². The van der Waals surface area contributed by atoms with E-state index in [1.165, 1.54) is 6.20 Å². The fraction of sp³-hybridized carbons (Fsp3) is 0.143. The Balaban J connectivity index is 1.85. The van der Waals surface area contributed by atoms with Crippen LogP contribution < -0.4 is 11.1 Å². The van der Waals surface area contributed by atoms with Gasteiger partial charge in [0.05, 0.1) is 28.5 Å². The maximum Gasteiger partial charge on any atom is 0.252 e. The minimum absolute atomic E-state index is 0.119. The highest BCUT2D eigenvalue weighted by Gasteiger charge is 2.17. The van der Waals surface area contributed by atoms with Gasteiger partial charge in [0.15, 0.2) is 0 Å². The molecular weight excluding hydrogens is 352 g/mol. The lowest BCUT2D eigenvalue weighted by atomic mass is 10.0. The number of nitrogens with one attached hydrogen (secondary N) is 1. The van der Waals surface area contributed by atoms with Crippen LogP contribution in [0.5, 0.6) is 0 Å². The van der Waals surface area contributed by atoms with Crippen molar-refractivity contribution in [1.29, 1.82) is 0 Å². The molecule has 0 bridgehead atoms. The topological polar surface area (TPSA) is 98.7 Å². The molecule has 4 aromatic rings. The number of aromatic nitrogens is 4. The number of nitrogens with zero attached hydrogens (tertiary/aromatic N) is 4. The summed E-state index contributed by atoms with van der Waals surface area (Å²) in [5.41, 5.74) is 10.2. The van der Waals surface area contributed by atoms with Gasteiger partial charge in [-0.2, -0.15) is 5.10 Å². The SMILES string of the molecule is C[C@@H](Nc1c(C(N)=O)cnc2ccc(-c3cccnc3)cc12)c1ccn(C)n1. The first-order valence-electron chi connectivity index (χ1n) is 8.92. The van der Waals surface area contributed by atoms with Crippen molar-refractivity contribution in [1.82, 2.24) is 19.7 Å². The first kappa shape index (κ1) is 17.7. The number of amides is 1. The van der Waals surface area contributed by atoms with E-state index in [2.05, 4.69) is 20.4 Å². The number of primary amides is 1. The van der Waals surface area contributed by atoms with Crippen LogP contribution in [0.3, 0.4) is 0 Å². The van der Waals surface area contributed by atoms with Crippen LogP contribution in [0.25, 0.3) is 22.0 Å². The molecule has 1 atom stereocenters. The molecule has 0 aliphatic carbocycles. The average molecular weight is 372 g/mol. The van der Waals surface area contributed by atoms with Crippen LogP contribution in [0.2, 0.25) is 0 Å². The van der Waals surface area contributed by atoms with Crippen LogP contribution in [0.4, 0.5) is 5.69 Å². The highest BCUT2D eigenvalue weighted by Crippen LogP contribution is 2.32. The largest absolute Gasteiger partial charge is 0.376 e. The molecule has 0 saturated heterocycles. The van der Waals surface area contributed by atoms with Gasteiger partial charge in [-0.05, 0) is 36.8 Å². The summed E-state index contributed by atoms with van der Waals surface area (Å²) in [5.74, 6) is -0.531. The lowest BCUT2D eigenvalue weighted by Crippen LogP contribution is -2.17. The van der Waals surface area contributed by atoms with Crippen molar-refractivity contribution in [3.8, 4) is 11.1 Å². The summed E-state index contributed by atoms with van der Waals surface area (Å²) in [6.07, 6.45) is 6.94. The van der Waals surface area contributed by atoms with Crippen molar-refractivity contribution in [2.24, 2.45) is 12.8 Å². The first-order valence-corrected chi connectivity index (χ1v) is 8.92. The number of aryl methyl sites for hydroxylation is 1. The molecule has 4 rings (SSSR count). The monoisotopic (exact) mass is 372 g/mol. The van der Waals surface area contributed by atoms with E-state index in [-0.39, 0.29) is 6.04 Å². The normalized spacial score (nSPS) is 12.1. The minimum Gasteiger partial charge on any atom is -0.376 e. The Hall–Kier alpha value is -3.74. The first-order chi connectivity index (χ1) is 13.5. The lowest BCUT2D eigenvalue weighted by molar-refractivity contribution is 0.100. The summed E-state index contributed by atoms with van der Waals surface area (Å²) < 4.78 is 1.74. The Morgan fingerprint density at radius 1 is 1.18 bits per heavy atom. The van der Waals surface area contributed by atoms with E-state index < -0.39 is 5.91 Å². The van der Waals surface area contributed by atoms with Gasteiger partial charge in [0.2, 0.25) is 0 Å².